The minimum absolute atomic E-state index is 0.123. The third kappa shape index (κ3) is 4.96. The van der Waals surface area contributed by atoms with Crippen LogP contribution in [0.25, 0.3) is 0 Å². The number of hydrogen-bond acceptors (Lipinski definition) is 2. The second-order valence-electron chi connectivity index (χ2n) is 17.5. The van der Waals surface area contributed by atoms with Crippen LogP contribution >= 0.6 is 0 Å². The zero-order valence-electron chi connectivity index (χ0n) is 31.8. The van der Waals surface area contributed by atoms with E-state index >= 15 is 0 Å². The molecule has 7 aromatic carbocycles. The van der Waals surface area contributed by atoms with Gasteiger partial charge >= 0.3 is 0 Å². The number of rotatable bonds is 6. The van der Waals surface area contributed by atoms with Gasteiger partial charge in [-0.25, -0.2) is 0 Å². The summed E-state index contributed by atoms with van der Waals surface area (Å²) in [6, 6.07) is 66.5. The van der Waals surface area contributed by atoms with Crippen molar-refractivity contribution < 1.29 is 0 Å². The van der Waals surface area contributed by atoms with E-state index in [4.69, 9.17) is 0 Å². The second kappa shape index (κ2) is 12.6. The van der Waals surface area contributed by atoms with E-state index in [0.29, 0.717) is 0 Å². The first-order valence-electron chi connectivity index (χ1n) is 20.9. The summed E-state index contributed by atoms with van der Waals surface area (Å²) in [4.78, 5) is 5.24. The lowest BCUT2D eigenvalue weighted by Crippen LogP contribution is -2.61. The molecule has 7 aromatic rings. The molecule has 2 nitrogen and oxygen atoms in total. The van der Waals surface area contributed by atoms with Gasteiger partial charge in [0.15, 0.2) is 0 Å². The summed E-state index contributed by atoms with van der Waals surface area (Å²) in [5.41, 5.74) is 17.6. The average Bonchev–Trinajstić information content (AvgIpc) is 3.24. The van der Waals surface area contributed by atoms with Gasteiger partial charge in [-0.3, -0.25) is 0 Å². The quantitative estimate of drug-likeness (QED) is 0.125. The molecule has 0 spiro atoms. The van der Waals surface area contributed by atoms with Gasteiger partial charge in [0.05, 0.1) is 0 Å². The lowest BCUT2D eigenvalue weighted by Gasteiger charge is -2.57. The van der Waals surface area contributed by atoms with Crippen LogP contribution < -0.4 is 26.2 Å². The number of fused-ring (bicyclic) bond motifs is 4. The monoisotopic (exact) mass is 720 g/mol. The van der Waals surface area contributed by atoms with E-state index in [2.05, 4.69) is 186 Å². The number of anilines is 6. The molecular formula is C53H45BN2. The standard InChI is InChI=1S/C53H45BN2/c1-4-15-39(16-5-1)51(40-17-6-2-7-18-40)41-19-14-22-44(30-41)56-48-26-13-11-24-46(48)54-45-23-10-12-25-47(45)55(43-20-8-3-9-21-43)49-31-42(32-50(56)52(49)54)53-33-36-27-37(34-53)29-38(28-36)35-53/h1-26,30-32,36-38,51H,27-29,33-35H2. The molecule has 56 heavy (non-hydrogen) atoms. The highest BCUT2D eigenvalue weighted by molar-refractivity contribution is 7.00. The molecule has 0 radical (unpaired) electrons. The van der Waals surface area contributed by atoms with Crippen LogP contribution in [0.5, 0.6) is 0 Å². The molecule has 2 heterocycles. The first-order chi connectivity index (χ1) is 27.7. The maximum absolute atomic E-state index is 2.69. The van der Waals surface area contributed by atoms with Crippen molar-refractivity contribution in [1.29, 1.82) is 0 Å². The largest absolute Gasteiger partial charge is 0.311 e. The Kier molecular flexibility index (Phi) is 7.31. The number of para-hydroxylation sites is 3. The van der Waals surface area contributed by atoms with E-state index in [-0.39, 0.29) is 18.0 Å². The van der Waals surface area contributed by atoms with Gasteiger partial charge in [-0.2, -0.15) is 0 Å². The molecule has 4 saturated carbocycles. The van der Waals surface area contributed by atoms with Crippen molar-refractivity contribution in [2.24, 2.45) is 17.8 Å². The molecule has 2 aliphatic heterocycles. The van der Waals surface area contributed by atoms with Crippen molar-refractivity contribution in [3.05, 3.63) is 198 Å². The van der Waals surface area contributed by atoms with Crippen LogP contribution in [0.2, 0.25) is 0 Å². The number of hydrogen-bond donors (Lipinski definition) is 0. The van der Waals surface area contributed by atoms with E-state index in [1.54, 1.807) is 5.56 Å². The van der Waals surface area contributed by atoms with Crippen molar-refractivity contribution in [1.82, 2.24) is 0 Å². The third-order valence-corrected chi connectivity index (χ3v) is 14.3. The summed E-state index contributed by atoms with van der Waals surface area (Å²) >= 11 is 0. The maximum Gasteiger partial charge on any atom is 0.252 e. The Bertz CT molecular complexity index is 2520. The van der Waals surface area contributed by atoms with Gasteiger partial charge in [-0.15, -0.1) is 0 Å². The van der Waals surface area contributed by atoms with Gasteiger partial charge < -0.3 is 9.80 Å². The van der Waals surface area contributed by atoms with Crippen molar-refractivity contribution in [3.63, 3.8) is 0 Å². The molecule has 0 amide bonds. The minimum Gasteiger partial charge on any atom is -0.311 e. The third-order valence-electron chi connectivity index (χ3n) is 14.3. The molecule has 4 aliphatic carbocycles. The first kappa shape index (κ1) is 32.4. The van der Waals surface area contributed by atoms with Crippen LogP contribution in [0.4, 0.5) is 34.1 Å². The number of nitrogens with zero attached hydrogens (tertiary/aromatic N) is 2. The zero-order chi connectivity index (χ0) is 36.8. The lowest BCUT2D eigenvalue weighted by atomic mass is 9.33. The molecule has 0 N–H and O–H groups in total. The van der Waals surface area contributed by atoms with Crippen molar-refractivity contribution >= 4 is 57.2 Å². The predicted molar refractivity (Wildman–Crippen MR) is 234 cm³/mol. The van der Waals surface area contributed by atoms with E-state index < -0.39 is 0 Å². The highest BCUT2D eigenvalue weighted by atomic mass is 15.2. The van der Waals surface area contributed by atoms with Crippen LogP contribution in [0.15, 0.2) is 176 Å². The predicted octanol–water partition coefficient (Wildman–Crippen LogP) is 11.4. The van der Waals surface area contributed by atoms with E-state index in [1.807, 2.05) is 0 Å². The van der Waals surface area contributed by atoms with Gasteiger partial charge in [-0.05, 0) is 149 Å². The Hall–Kier alpha value is -5.80. The van der Waals surface area contributed by atoms with Crippen molar-refractivity contribution in [2.45, 2.75) is 49.9 Å². The van der Waals surface area contributed by atoms with Gasteiger partial charge in [0.1, 0.15) is 0 Å². The first-order valence-corrected chi connectivity index (χ1v) is 20.9. The Morgan fingerprint density at radius 3 is 1.43 bits per heavy atom. The normalized spacial score (nSPS) is 22.5. The molecule has 0 atom stereocenters. The summed E-state index contributed by atoms with van der Waals surface area (Å²) < 4.78 is 0. The Morgan fingerprint density at radius 2 is 0.875 bits per heavy atom. The van der Waals surface area contributed by atoms with Crippen LogP contribution in [0.1, 0.15) is 66.7 Å². The molecular weight excluding hydrogens is 675 g/mol. The lowest BCUT2D eigenvalue weighted by molar-refractivity contribution is -0.00514. The second-order valence-corrected chi connectivity index (χ2v) is 17.5. The van der Waals surface area contributed by atoms with Gasteiger partial charge in [-0.1, -0.05) is 127 Å². The summed E-state index contributed by atoms with van der Waals surface area (Å²) in [5.74, 6) is 2.73. The van der Waals surface area contributed by atoms with Gasteiger partial charge in [0.2, 0.25) is 0 Å². The summed E-state index contributed by atoms with van der Waals surface area (Å²) in [7, 11) is 0. The topological polar surface area (TPSA) is 6.48 Å². The Balaban J connectivity index is 1.12. The SMILES string of the molecule is c1ccc(C(c2ccccc2)c2cccc(N3c4ccccc4B4c5ccccc5N(c5ccccc5)c5cc(C67CC8CC(CC(C8)C6)C7)cc3c54)c2)cc1. The molecule has 0 unspecified atom stereocenters. The van der Waals surface area contributed by atoms with Crippen LogP contribution in [-0.2, 0) is 5.41 Å². The zero-order valence-corrected chi connectivity index (χ0v) is 31.8. The van der Waals surface area contributed by atoms with E-state index in [1.165, 1.54) is 106 Å². The Morgan fingerprint density at radius 1 is 0.429 bits per heavy atom. The summed E-state index contributed by atoms with van der Waals surface area (Å²) in [6.07, 6.45) is 8.34. The summed E-state index contributed by atoms with van der Waals surface area (Å²) in [6.45, 7) is 0.138. The molecule has 4 bridgehead atoms. The highest BCUT2D eigenvalue weighted by Gasteiger charge is 2.53. The molecule has 4 fully saturated rings. The van der Waals surface area contributed by atoms with Crippen LogP contribution in [0.3, 0.4) is 0 Å². The molecule has 6 aliphatic rings. The fourth-order valence-corrected chi connectivity index (χ4v) is 12.5. The molecule has 13 rings (SSSR count). The van der Waals surface area contributed by atoms with Crippen LogP contribution in [-0.4, -0.2) is 6.71 Å². The molecule has 270 valence electrons. The van der Waals surface area contributed by atoms with E-state index in [0.717, 1.165) is 17.8 Å². The van der Waals surface area contributed by atoms with Gasteiger partial charge in [0.25, 0.3) is 6.71 Å². The number of benzene rings is 7. The maximum atomic E-state index is 2.69. The van der Waals surface area contributed by atoms with Gasteiger partial charge in [0, 0.05) is 40.0 Å². The van der Waals surface area contributed by atoms with E-state index in [9.17, 15) is 0 Å². The minimum atomic E-state index is 0.123. The molecule has 3 heteroatoms. The fourth-order valence-electron chi connectivity index (χ4n) is 12.5. The summed E-state index contributed by atoms with van der Waals surface area (Å²) in [5, 5.41) is 0. The Labute approximate surface area is 331 Å². The van der Waals surface area contributed by atoms with Crippen molar-refractivity contribution in [3.8, 4) is 0 Å². The van der Waals surface area contributed by atoms with Crippen LogP contribution in [0, 0.1) is 17.8 Å². The smallest absolute Gasteiger partial charge is 0.252 e. The molecule has 0 aromatic heterocycles. The highest BCUT2D eigenvalue weighted by Crippen LogP contribution is 2.62. The molecule has 0 saturated heterocycles. The van der Waals surface area contributed by atoms with Crippen molar-refractivity contribution in [2.75, 3.05) is 9.80 Å². The fraction of sp³-hybridized carbons (Fsp3) is 0.208. The average molecular weight is 721 g/mol.